The van der Waals surface area contributed by atoms with Crippen molar-refractivity contribution in [3.63, 3.8) is 0 Å². The average molecular weight is 330 g/mol. The van der Waals surface area contributed by atoms with Crippen molar-refractivity contribution >= 4 is 0 Å². The molecule has 0 saturated carbocycles. The molecule has 0 unspecified atom stereocenters. The predicted molar refractivity (Wildman–Crippen MR) is 92.0 cm³/mol. The lowest BCUT2D eigenvalue weighted by atomic mass is 10.2. The standard InChI is InChI=1S/C18H26N4O2/c1-3-17-19-20-18(24-17)15(2)22-11-9-21(10-12-22)13-14-23-16-7-5-4-6-8-16/h4-8,15H,3,9-14H2,1-2H3/t15-/m0/s1. The second-order valence-corrected chi connectivity index (χ2v) is 6.10. The van der Waals surface area contributed by atoms with Gasteiger partial charge in [-0.2, -0.15) is 0 Å². The molecule has 1 aromatic carbocycles. The molecule has 0 bridgehead atoms. The van der Waals surface area contributed by atoms with E-state index in [0.717, 1.165) is 57.4 Å². The van der Waals surface area contributed by atoms with E-state index in [0.29, 0.717) is 5.89 Å². The number of hydrogen-bond donors (Lipinski definition) is 0. The Kier molecular flexibility index (Phi) is 5.82. The Labute approximate surface area is 143 Å². The fourth-order valence-corrected chi connectivity index (χ4v) is 2.92. The summed E-state index contributed by atoms with van der Waals surface area (Å²) in [7, 11) is 0. The van der Waals surface area contributed by atoms with E-state index in [1.54, 1.807) is 0 Å². The van der Waals surface area contributed by atoms with Crippen LogP contribution >= 0.6 is 0 Å². The van der Waals surface area contributed by atoms with Crippen LogP contribution in [-0.4, -0.2) is 59.3 Å². The van der Waals surface area contributed by atoms with Crippen molar-refractivity contribution < 1.29 is 9.15 Å². The van der Waals surface area contributed by atoms with E-state index < -0.39 is 0 Å². The number of hydrogen-bond acceptors (Lipinski definition) is 6. The van der Waals surface area contributed by atoms with Crippen LogP contribution in [0.15, 0.2) is 34.7 Å². The second kappa shape index (κ2) is 8.26. The lowest BCUT2D eigenvalue weighted by Gasteiger charge is -2.36. The predicted octanol–water partition coefficient (Wildman–Crippen LogP) is 2.39. The van der Waals surface area contributed by atoms with Gasteiger partial charge in [0, 0.05) is 39.1 Å². The number of para-hydroxylation sites is 1. The first kappa shape index (κ1) is 16.9. The molecule has 3 rings (SSSR count). The third kappa shape index (κ3) is 4.33. The third-order valence-corrected chi connectivity index (χ3v) is 4.52. The van der Waals surface area contributed by atoms with E-state index in [1.807, 2.05) is 37.3 Å². The molecule has 6 heteroatoms. The molecule has 1 aliphatic rings. The molecular formula is C18H26N4O2. The maximum absolute atomic E-state index is 5.78. The number of aromatic nitrogens is 2. The first-order valence-corrected chi connectivity index (χ1v) is 8.72. The quantitative estimate of drug-likeness (QED) is 0.777. The molecule has 0 aliphatic carbocycles. The van der Waals surface area contributed by atoms with Crippen LogP contribution in [0.1, 0.15) is 31.7 Å². The highest BCUT2D eigenvalue weighted by Gasteiger charge is 2.25. The second-order valence-electron chi connectivity index (χ2n) is 6.10. The first-order valence-electron chi connectivity index (χ1n) is 8.72. The van der Waals surface area contributed by atoms with Crippen LogP contribution in [0.5, 0.6) is 5.75 Å². The van der Waals surface area contributed by atoms with E-state index in [2.05, 4.69) is 26.9 Å². The fourth-order valence-electron chi connectivity index (χ4n) is 2.92. The van der Waals surface area contributed by atoms with Crippen LogP contribution < -0.4 is 4.74 Å². The topological polar surface area (TPSA) is 54.6 Å². The van der Waals surface area contributed by atoms with Gasteiger partial charge in [-0.25, -0.2) is 0 Å². The Morgan fingerprint density at radius 2 is 1.88 bits per heavy atom. The van der Waals surface area contributed by atoms with Crippen molar-refractivity contribution in [1.29, 1.82) is 0 Å². The highest BCUT2D eigenvalue weighted by Crippen LogP contribution is 2.20. The monoisotopic (exact) mass is 330 g/mol. The molecule has 1 aliphatic heterocycles. The SMILES string of the molecule is CCc1nnc([C@H](C)N2CCN(CCOc3ccccc3)CC2)o1. The largest absolute Gasteiger partial charge is 0.492 e. The molecule has 0 spiro atoms. The van der Waals surface area contributed by atoms with E-state index in [1.165, 1.54) is 0 Å². The maximum Gasteiger partial charge on any atom is 0.233 e. The van der Waals surface area contributed by atoms with Crippen LogP contribution in [0.4, 0.5) is 0 Å². The molecule has 2 aromatic rings. The maximum atomic E-state index is 5.78. The Morgan fingerprint density at radius 3 is 2.54 bits per heavy atom. The normalized spacial score (nSPS) is 17.8. The van der Waals surface area contributed by atoms with E-state index in [4.69, 9.17) is 9.15 Å². The fraction of sp³-hybridized carbons (Fsp3) is 0.556. The van der Waals surface area contributed by atoms with Gasteiger partial charge in [-0.05, 0) is 19.1 Å². The van der Waals surface area contributed by atoms with Crippen LogP contribution in [0.2, 0.25) is 0 Å². The molecular weight excluding hydrogens is 304 g/mol. The zero-order chi connectivity index (χ0) is 16.8. The van der Waals surface area contributed by atoms with Gasteiger partial charge in [-0.3, -0.25) is 9.80 Å². The Hall–Kier alpha value is -1.92. The molecule has 0 N–H and O–H groups in total. The molecule has 1 aromatic heterocycles. The van der Waals surface area contributed by atoms with Crippen LogP contribution in [-0.2, 0) is 6.42 Å². The van der Waals surface area contributed by atoms with Crippen molar-refractivity contribution in [2.24, 2.45) is 0 Å². The molecule has 130 valence electrons. The van der Waals surface area contributed by atoms with Crippen molar-refractivity contribution in [1.82, 2.24) is 20.0 Å². The lowest BCUT2D eigenvalue weighted by Crippen LogP contribution is -2.48. The van der Waals surface area contributed by atoms with Crippen molar-refractivity contribution in [3.05, 3.63) is 42.1 Å². The lowest BCUT2D eigenvalue weighted by molar-refractivity contribution is 0.0821. The van der Waals surface area contributed by atoms with Crippen LogP contribution in [0, 0.1) is 0 Å². The van der Waals surface area contributed by atoms with E-state index >= 15 is 0 Å². The average Bonchev–Trinajstić information content (AvgIpc) is 3.12. The highest BCUT2D eigenvalue weighted by molar-refractivity contribution is 5.20. The van der Waals surface area contributed by atoms with Crippen molar-refractivity contribution in [2.45, 2.75) is 26.3 Å². The molecule has 1 saturated heterocycles. The van der Waals surface area contributed by atoms with Crippen molar-refractivity contribution in [2.75, 3.05) is 39.3 Å². The minimum Gasteiger partial charge on any atom is -0.492 e. The summed E-state index contributed by atoms with van der Waals surface area (Å²) in [6, 6.07) is 10.2. The van der Waals surface area contributed by atoms with E-state index in [9.17, 15) is 0 Å². The van der Waals surface area contributed by atoms with Gasteiger partial charge in [-0.15, -0.1) is 10.2 Å². The van der Waals surface area contributed by atoms with Gasteiger partial charge in [0.25, 0.3) is 0 Å². The zero-order valence-electron chi connectivity index (χ0n) is 14.5. The summed E-state index contributed by atoms with van der Waals surface area (Å²) in [5, 5.41) is 8.24. The minimum atomic E-state index is 0.181. The van der Waals surface area contributed by atoms with Crippen LogP contribution in [0.25, 0.3) is 0 Å². The summed E-state index contributed by atoms with van der Waals surface area (Å²) in [6.45, 7) is 9.95. The van der Waals surface area contributed by atoms with Gasteiger partial charge in [0.1, 0.15) is 12.4 Å². The molecule has 2 heterocycles. The Bertz CT molecular complexity index is 608. The van der Waals surface area contributed by atoms with Gasteiger partial charge in [0.2, 0.25) is 11.8 Å². The number of ether oxygens (including phenoxy) is 1. The number of aryl methyl sites for hydroxylation is 1. The zero-order valence-corrected chi connectivity index (χ0v) is 14.5. The molecule has 1 atom stereocenters. The summed E-state index contributed by atoms with van der Waals surface area (Å²) in [4.78, 5) is 4.85. The first-order chi connectivity index (χ1) is 11.8. The Morgan fingerprint density at radius 1 is 1.12 bits per heavy atom. The number of nitrogens with zero attached hydrogens (tertiary/aromatic N) is 4. The smallest absolute Gasteiger partial charge is 0.233 e. The number of piperazine rings is 1. The van der Waals surface area contributed by atoms with Gasteiger partial charge < -0.3 is 9.15 Å². The van der Waals surface area contributed by atoms with Gasteiger partial charge >= 0.3 is 0 Å². The van der Waals surface area contributed by atoms with Gasteiger partial charge in [0.05, 0.1) is 6.04 Å². The molecule has 24 heavy (non-hydrogen) atoms. The number of benzene rings is 1. The molecule has 1 fully saturated rings. The van der Waals surface area contributed by atoms with Gasteiger partial charge in [0.15, 0.2) is 0 Å². The summed E-state index contributed by atoms with van der Waals surface area (Å²) < 4.78 is 11.5. The summed E-state index contributed by atoms with van der Waals surface area (Å²) in [5.41, 5.74) is 0. The Balaban J connectivity index is 1.40. The van der Waals surface area contributed by atoms with Crippen LogP contribution in [0.3, 0.4) is 0 Å². The van der Waals surface area contributed by atoms with Crippen molar-refractivity contribution in [3.8, 4) is 5.75 Å². The summed E-state index contributed by atoms with van der Waals surface area (Å²) >= 11 is 0. The molecule has 0 radical (unpaired) electrons. The number of rotatable bonds is 7. The molecule has 0 amide bonds. The summed E-state index contributed by atoms with van der Waals surface area (Å²) in [6.07, 6.45) is 0.787. The molecule has 6 nitrogen and oxygen atoms in total. The third-order valence-electron chi connectivity index (χ3n) is 4.52. The summed E-state index contributed by atoms with van der Waals surface area (Å²) in [5.74, 6) is 2.38. The highest BCUT2D eigenvalue weighted by atomic mass is 16.5. The van der Waals surface area contributed by atoms with E-state index in [-0.39, 0.29) is 6.04 Å². The van der Waals surface area contributed by atoms with Gasteiger partial charge in [-0.1, -0.05) is 25.1 Å². The minimum absolute atomic E-state index is 0.181.